The lowest BCUT2D eigenvalue weighted by atomic mass is 9.87. The first-order valence-corrected chi connectivity index (χ1v) is 9.27. The first kappa shape index (κ1) is 17.3. The van der Waals surface area contributed by atoms with Crippen LogP contribution in [-0.4, -0.2) is 12.1 Å². The SMILES string of the molecule is Cc1ccc2ccccc2c1-c1c(C(=O)OC(C)C)ccc2ccccc12. The number of rotatable bonds is 3. The molecule has 0 bridgehead atoms. The van der Waals surface area contributed by atoms with Crippen molar-refractivity contribution in [2.45, 2.75) is 26.9 Å². The number of carbonyl (C=O) groups is 1. The lowest BCUT2D eigenvalue weighted by molar-refractivity contribution is 0.0379. The zero-order valence-electron chi connectivity index (χ0n) is 15.8. The standard InChI is InChI=1S/C25H22O2/c1-16(2)27-25(26)22-15-14-19-9-5-7-11-21(19)24(22)23-17(3)12-13-18-8-4-6-10-20(18)23/h4-16H,1-3H3. The summed E-state index contributed by atoms with van der Waals surface area (Å²) in [6.07, 6.45) is -0.162. The van der Waals surface area contributed by atoms with Gasteiger partial charge in [0.2, 0.25) is 0 Å². The third-order valence-corrected chi connectivity index (χ3v) is 4.88. The molecule has 0 aliphatic carbocycles. The summed E-state index contributed by atoms with van der Waals surface area (Å²) in [6.45, 7) is 5.85. The van der Waals surface area contributed by atoms with Crippen molar-refractivity contribution in [3.63, 3.8) is 0 Å². The molecule has 2 heteroatoms. The maximum atomic E-state index is 12.9. The molecule has 0 radical (unpaired) electrons. The molecule has 0 heterocycles. The van der Waals surface area contributed by atoms with Crippen molar-refractivity contribution >= 4 is 27.5 Å². The molecule has 134 valence electrons. The molecule has 0 saturated heterocycles. The molecule has 0 fully saturated rings. The van der Waals surface area contributed by atoms with Crippen LogP contribution in [0.1, 0.15) is 29.8 Å². The molecule has 4 aromatic rings. The van der Waals surface area contributed by atoms with Gasteiger partial charge in [-0.25, -0.2) is 4.79 Å². The minimum atomic E-state index is -0.280. The third-order valence-electron chi connectivity index (χ3n) is 4.88. The van der Waals surface area contributed by atoms with Crippen LogP contribution in [-0.2, 0) is 4.74 Å². The van der Waals surface area contributed by atoms with Crippen molar-refractivity contribution in [1.82, 2.24) is 0 Å². The molecule has 2 nitrogen and oxygen atoms in total. The van der Waals surface area contributed by atoms with E-state index in [1.54, 1.807) is 0 Å². The molecular formula is C25H22O2. The van der Waals surface area contributed by atoms with Crippen LogP contribution in [0.3, 0.4) is 0 Å². The van der Waals surface area contributed by atoms with Crippen LogP contribution in [0.15, 0.2) is 72.8 Å². The van der Waals surface area contributed by atoms with Crippen LogP contribution in [0.25, 0.3) is 32.7 Å². The molecule has 0 aliphatic heterocycles. The van der Waals surface area contributed by atoms with Crippen LogP contribution in [0.2, 0.25) is 0 Å². The smallest absolute Gasteiger partial charge is 0.339 e. The van der Waals surface area contributed by atoms with Gasteiger partial charge < -0.3 is 4.74 Å². The number of hydrogen-bond donors (Lipinski definition) is 0. The molecule has 0 N–H and O–H groups in total. The van der Waals surface area contributed by atoms with E-state index >= 15 is 0 Å². The van der Waals surface area contributed by atoms with Crippen molar-refractivity contribution in [2.24, 2.45) is 0 Å². The molecule has 0 spiro atoms. The minimum Gasteiger partial charge on any atom is -0.459 e. The Morgan fingerprint density at radius 1 is 0.741 bits per heavy atom. The second kappa shape index (κ2) is 6.88. The molecule has 0 amide bonds. The van der Waals surface area contributed by atoms with E-state index < -0.39 is 0 Å². The molecule has 0 aromatic heterocycles. The average molecular weight is 354 g/mol. The largest absolute Gasteiger partial charge is 0.459 e. The van der Waals surface area contributed by atoms with Crippen molar-refractivity contribution in [2.75, 3.05) is 0 Å². The molecule has 4 aromatic carbocycles. The Labute approximate surface area is 159 Å². The molecule has 0 saturated carbocycles. The van der Waals surface area contributed by atoms with E-state index in [1.807, 2.05) is 50.2 Å². The van der Waals surface area contributed by atoms with Crippen LogP contribution >= 0.6 is 0 Å². The lowest BCUT2D eigenvalue weighted by Crippen LogP contribution is -2.13. The van der Waals surface area contributed by atoms with E-state index in [0.717, 1.165) is 38.2 Å². The number of hydrogen-bond acceptors (Lipinski definition) is 2. The Morgan fingerprint density at radius 2 is 1.30 bits per heavy atom. The summed E-state index contributed by atoms with van der Waals surface area (Å²) >= 11 is 0. The third kappa shape index (κ3) is 3.08. The second-order valence-corrected chi connectivity index (χ2v) is 7.14. The van der Waals surface area contributed by atoms with Gasteiger partial charge in [0.25, 0.3) is 0 Å². The van der Waals surface area contributed by atoms with E-state index in [9.17, 15) is 4.79 Å². The van der Waals surface area contributed by atoms with Gasteiger partial charge >= 0.3 is 5.97 Å². The van der Waals surface area contributed by atoms with E-state index in [2.05, 4.69) is 43.3 Å². The average Bonchev–Trinajstić information content (AvgIpc) is 2.67. The minimum absolute atomic E-state index is 0.162. The van der Waals surface area contributed by atoms with Crippen molar-refractivity contribution in [3.05, 3.63) is 83.9 Å². The summed E-state index contributed by atoms with van der Waals surface area (Å²) in [7, 11) is 0. The van der Waals surface area contributed by atoms with Gasteiger partial charge in [-0.05, 0) is 59.5 Å². The van der Waals surface area contributed by atoms with Crippen LogP contribution in [0, 0.1) is 6.92 Å². The maximum Gasteiger partial charge on any atom is 0.339 e. The number of ether oxygens (including phenoxy) is 1. The monoisotopic (exact) mass is 354 g/mol. The Hall–Kier alpha value is -3.13. The van der Waals surface area contributed by atoms with Gasteiger partial charge in [0.15, 0.2) is 0 Å². The molecule has 0 atom stereocenters. The fourth-order valence-corrected chi connectivity index (χ4v) is 3.70. The Bertz CT molecular complexity index is 1160. The van der Waals surface area contributed by atoms with Gasteiger partial charge in [-0.1, -0.05) is 66.7 Å². The number of esters is 1. The number of aryl methyl sites for hydroxylation is 1. The summed E-state index contributed by atoms with van der Waals surface area (Å²) in [5.74, 6) is -0.280. The fraction of sp³-hybridized carbons (Fsp3) is 0.160. The van der Waals surface area contributed by atoms with E-state index in [1.165, 1.54) is 0 Å². The summed E-state index contributed by atoms with van der Waals surface area (Å²) < 4.78 is 5.56. The second-order valence-electron chi connectivity index (χ2n) is 7.14. The normalized spacial score (nSPS) is 11.3. The lowest BCUT2D eigenvalue weighted by Gasteiger charge is -2.18. The van der Waals surface area contributed by atoms with Crippen LogP contribution in [0.4, 0.5) is 0 Å². The quantitative estimate of drug-likeness (QED) is 0.391. The van der Waals surface area contributed by atoms with E-state index in [4.69, 9.17) is 4.74 Å². The van der Waals surface area contributed by atoms with Gasteiger partial charge in [-0.2, -0.15) is 0 Å². The number of benzene rings is 4. The van der Waals surface area contributed by atoms with Crippen molar-refractivity contribution < 1.29 is 9.53 Å². The highest BCUT2D eigenvalue weighted by molar-refractivity contribution is 6.13. The molecule has 27 heavy (non-hydrogen) atoms. The fourth-order valence-electron chi connectivity index (χ4n) is 3.70. The van der Waals surface area contributed by atoms with Gasteiger partial charge in [-0.15, -0.1) is 0 Å². The molecular weight excluding hydrogens is 332 g/mol. The zero-order chi connectivity index (χ0) is 19.0. The zero-order valence-corrected chi connectivity index (χ0v) is 15.8. The summed E-state index contributed by atoms with van der Waals surface area (Å²) in [6, 6.07) is 24.7. The molecule has 4 rings (SSSR count). The van der Waals surface area contributed by atoms with Crippen LogP contribution in [0.5, 0.6) is 0 Å². The Morgan fingerprint density at radius 3 is 1.93 bits per heavy atom. The van der Waals surface area contributed by atoms with E-state index in [0.29, 0.717) is 5.56 Å². The van der Waals surface area contributed by atoms with Gasteiger partial charge in [0.05, 0.1) is 11.7 Å². The predicted octanol–water partition coefficient (Wildman–Crippen LogP) is 6.53. The van der Waals surface area contributed by atoms with Crippen molar-refractivity contribution in [3.8, 4) is 11.1 Å². The Kier molecular flexibility index (Phi) is 4.41. The summed E-state index contributed by atoms with van der Waals surface area (Å²) in [5.41, 5.74) is 3.80. The summed E-state index contributed by atoms with van der Waals surface area (Å²) in [4.78, 5) is 12.9. The van der Waals surface area contributed by atoms with Gasteiger partial charge in [0.1, 0.15) is 0 Å². The van der Waals surface area contributed by atoms with Gasteiger partial charge in [0, 0.05) is 5.56 Å². The van der Waals surface area contributed by atoms with Gasteiger partial charge in [-0.3, -0.25) is 0 Å². The summed E-state index contributed by atoms with van der Waals surface area (Å²) in [5, 5.41) is 4.48. The highest BCUT2D eigenvalue weighted by Gasteiger charge is 2.20. The van der Waals surface area contributed by atoms with Crippen LogP contribution < -0.4 is 0 Å². The van der Waals surface area contributed by atoms with E-state index in [-0.39, 0.29) is 12.1 Å². The number of carbonyl (C=O) groups excluding carboxylic acids is 1. The Balaban J connectivity index is 2.12. The first-order valence-electron chi connectivity index (χ1n) is 9.27. The molecule has 0 unspecified atom stereocenters. The highest BCUT2D eigenvalue weighted by Crippen LogP contribution is 2.39. The predicted molar refractivity (Wildman–Crippen MR) is 112 cm³/mol. The topological polar surface area (TPSA) is 26.3 Å². The number of fused-ring (bicyclic) bond motifs is 2. The van der Waals surface area contributed by atoms with Crippen molar-refractivity contribution in [1.29, 1.82) is 0 Å². The first-order chi connectivity index (χ1) is 13.1. The molecule has 0 aliphatic rings. The highest BCUT2D eigenvalue weighted by atomic mass is 16.5. The maximum absolute atomic E-state index is 12.9.